The molecule has 0 saturated carbocycles. The number of hydrogen-bond donors (Lipinski definition) is 4. The number of carbonyl (C=O) groups excluding carboxylic acids is 8. The van der Waals surface area contributed by atoms with Gasteiger partial charge in [-0.25, -0.2) is 38.4 Å². The Hall–Kier alpha value is -9.72. The summed E-state index contributed by atoms with van der Waals surface area (Å²) in [6, 6.07) is 40.7. The van der Waals surface area contributed by atoms with Crippen LogP contribution in [0.1, 0.15) is 128 Å². The van der Waals surface area contributed by atoms with Gasteiger partial charge in [0, 0.05) is 25.7 Å². The monoisotopic (exact) mass is 1260 g/mol. The van der Waals surface area contributed by atoms with Crippen LogP contribution in [0, 0.1) is 0 Å². The van der Waals surface area contributed by atoms with E-state index in [1.807, 2.05) is 24.3 Å². The zero-order chi connectivity index (χ0) is 67.2. The Morgan fingerprint density at radius 2 is 0.467 bits per heavy atom. The Morgan fingerprint density at radius 3 is 0.641 bits per heavy atom. The number of hydrogen-bond acceptors (Lipinski definition) is 16. The molecule has 0 aliphatic heterocycles. The molecule has 0 saturated heterocycles. The normalized spacial score (nSPS) is 12.9. The van der Waals surface area contributed by atoms with Crippen molar-refractivity contribution in [1.29, 1.82) is 0 Å². The molecule has 0 aliphatic carbocycles. The van der Waals surface area contributed by atoms with Gasteiger partial charge in [-0.2, -0.15) is 0 Å². The van der Waals surface area contributed by atoms with Gasteiger partial charge in [0.05, 0.1) is 0 Å². The van der Waals surface area contributed by atoms with Crippen LogP contribution in [0.25, 0.3) is 11.1 Å². The number of carbonyl (C=O) groups is 8. The molecule has 0 fully saturated rings. The van der Waals surface area contributed by atoms with E-state index >= 15 is 0 Å². The van der Waals surface area contributed by atoms with E-state index in [2.05, 4.69) is 21.3 Å². The highest BCUT2D eigenvalue weighted by Gasteiger charge is 2.32. The highest BCUT2D eigenvalue weighted by atomic mass is 16.6. The molecule has 20 nitrogen and oxygen atoms in total. The Labute approximate surface area is 538 Å². The van der Waals surface area contributed by atoms with Gasteiger partial charge in [-0.1, -0.05) is 158 Å². The van der Waals surface area contributed by atoms with Crippen molar-refractivity contribution in [1.82, 2.24) is 21.3 Å². The third-order valence-electron chi connectivity index (χ3n) is 13.0. The summed E-state index contributed by atoms with van der Waals surface area (Å²) >= 11 is 0. The second-order valence-electron chi connectivity index (χ2n) is 26.1. The van der Waals surface area contributed by atoms with Crippen LogP contribution in [0.4, 0.5) is 19.2 Å². The summed E-state index contributed by atoms with van der Waals surface area (Å²) in [5.41, 5.74) is 1.28. The third-order valence-corrected chi connectivity index (χ3v) is 13.0. The molecule has 4 atom stereocenters. The zero-order valence-electron chi connectivity index (χ0n) is 54.5. The van der Waals surface area contributed by atoms with Crippen molar-refractivity contribution in [3.05, 3.63) is 202 Å². The fraction of sp³-hybridized carbons (Fsp3) is 0.389. The molecule has 6 aromatic rings. The van der Waals surface area contributed by atoms with Crippen molar-refractivity contribution in [2.24, 2.45) is 0 Å². The molecule has 92 heavy (non-hydrogen) atoms. The molecule has 0 heterocycles. The first-order valence-electron chi connectivity index (χ1n) is 30.4. The summed E-state index contributed by atoms with van der Waals surface area (Å²) in [6.45, 7) is 19.5. The maximum atomic E-state index is 14.3. The average Bonchev–Trinajstić information content (AvgIpc) is 0.833. The molecule has 0 aromatic heterocycles. The van der Waals surface area contributed by atoms with E-state index in [0.29, 0.717) is 55.6 Å². The lowest BCUT2D eigenvalue weighted by atomic mass is 9.90. The first-order valence-corrected chi connectivity index (χ1v) is 30.4. The Kier molecular flexibility index (Phi) is 25.5. The molecule has 0 aliphatic rings. The summed E-state index contributed by atoms with van der Waals surface area (Å²) in [7, 11) is 0. The minimum atomic E-state index is -1.38. The number of amides is 4. The van der Waals surface area contributed by atoms with E-state index in [0.717, 1.165) is 0 Å². The molecule has 20 heteroatoms. The minimum absolute atomic E-state index is 0.136. The second kappa shape index (κ2) is 32.8. The predicted octanol–water partition coefficient (Wildman–Crippen LogP) is 12.1. The van der Waals surface area contributed by atoms with Crippen molar-refractivity contribution < 1.29 is 76.3 Å². The van der Waals surface area contributed by atoms with Gasteiger partial charge in [0.2, 0.25) is 0 Å². The second-order valence-corrected chi connectivity index (χ2v) is 26.1. The van der Waals surface area contributed by atoms with Gasteiger partial charge >= 0.3 is 48.3 Å². The zero-order valence-corrected chi connectivity index (χ0v) is 54.5. The SMILES string of the molecule is CC(C)(C)OC(=O)N[C@@H](Cc1cc(C[C@H](NC(=O)OC(C)(C)C)C(=O)OCc2ccccc2)cc(-c2cc(C[C@H](NC(=O)OC(C)(C)C)C(=O)OCc3ccccc3)cc(C[C@H](NC(=O)OC(C)(C)C)C(=O)OCc3ccccc3)c2)c1)C(=O)OCc1ccccc1. The molecule has 6 aromatic carbocycles. The molecule has 4 amide bonds. The molecule has 6 rings (SSSR count). The summed E-state index contributed by atoms with van der Waals surface area (Å²) in [5, 5.41) is 10.8. The fourth-order valence-corrected chi connectivity index (χ4v) is 9.16. The minimum Gasteiger partial charge on any atom is -0.459 e. The molecule has 0 radical (unpaired) electrons. The number of esters is 4. The lowest BCUT2D eigenvalue weighted by Crippen LogP contribution is -2.46. The van der Waals surface area contributed by atoms with E-state index < -0.39 is 94.8 Å². The Bertz CT molecular complexity index is 3000. The lowest BCUT2D eigenvalue weighted by molar-refractivity contribution is -0.148. The van der Waals surface area contributed by atoms with Crippen molar-refractivity contribution in [3.63, 3.8) is 0 Å². The molecule has 490 valence electrons. The van der Waals surface area contributed by atoms with Crippen molar-refractivity contribution in [3.8, 4) is 11.1 Å². The summed E-state index contributed by atoms with van der Waals surface area (Å²) < 4.78 is 45.9. The largest absolute Gasteiger partial charge is 0.459 e. The lowest BCUT2D eigenvalue weighted by Gasteiger charge is -2.25. The van der Waals surface area contributed by atoms with Gasteiger partial charge in [-0.05, 0) is 139 Å². The Morgan fingerprint density at radius 1 is 0.283 bits per heavy atom. The van der Waals surface area contributed by atoms with Crippen LogP contribution in [0.15, 0.2) is 158 Å². The number of nitrogens with one attached hydrogen (secondary N) is 4. The molecule has 4 N–H and O–H groups in total. The summed E-state index contributed by atoms with van der Waals surface area (Å²) in [6.07, 6.45) is -4.57. The topological polar surface area (TPSA) is 259 Å². The highest BCUT2D eigenvalue weighted by molar-refractivity contribution is 5.85. The first kappa shape index (κ1) is 71.4. The van der Waals surface area contributed by atoms with Crippen LogP contribution in [-0.2, 0) is 109 Å². The van der Waals surface area contributed by atoms with Crippen LogP contribution in [0.5, 0.6) is 0 Å². The first-order chi connectivity index (χ1) is 43.3. The van der Waals surface area contributed by atoms with Crippen LogP contribution in [0.3, 0.4) is 0 Å². The third kappa shape index (κ3) is 26.4. The fourth-order valence-electron chi connectivity index (χ4n) is 9.16. The van der Waals surface area contributed by atoms with Gasteiger partial charge in [0.1, 0.15) is 73.0 Å². The van der Waals surface area contributed by atoms with Crippen LogP contribution < -0.4 is 21.3 Å². The van der Waals surface area contributed by atoms with Gasteiger partial charge in [-0.3, -0.25) is 0 Å². The molecule has 0 bridgehead atoms. The number of benzene rings is 6. The number of alkyl carbamates (subject to hydrolysis) is 4. The predicted molar refractivity (Wildman–Crippen MR) is 344 cm³/mol. The highest BCUT2D eigenvalue weighted by Crippen LogP contribution is 2.29. The quantitative estimate of drug-likeness (QED) is 0.0307. The van der Waals surface area contributed by atoms with Gasteiger partial charge in [0.25, 0.3) is 0 Å². The van der Waals surface area contributed by atoms with Gasteiger partial charge in [0.15, 0.2) is 0 Å². The van der Waals surface area contributed by atoms with Crippen molar-refractivity contribution in [2.75, 3.05) is 0 Å². The molecule has 0 spiro atoms. The molecule has 0 unspecified atom stereocenters. The summed E-state index contributed by atoms with van der Waals surface area (Å²) in [5.74, 6) is -3.24. The molecular weight excluding hydrogens is 1180 g/mol. The van der Waals surface area contributed by atoms with Crippen molar-refractivity contribution >= 4 is 48.3 Å². The standard InChI is InChI=1S/C72H86N4O16/c1-69(2,3)89-65(81)73-57(61(77)85-43-47-25-17-13-18-26-47)39-51-33-52(40-58(74-66(82)90-70(4,5)6)62(78)86-44-48-27-19-14-20-28-48)36-55(35-51)56-37-53(41-59(75-67(83)91-71(7,8)9)63(79)87-45-49-29-21-15-22-30-49)34-54(38-56)42-60(76-68(84)92-72(10,11)12)64(80)88-46-50-31-23-16-24-32-50/h13-38,57-60H,39-46H2,1-12H3,(H,73,81)(H,74,82)(H,75,83)(H,76,84)/t57-,58-,59-,60-/m0/s1. The summed E-state index contributed by atoms with van der Waals surface area (Å²) in [4.78, 5) is 112. The van der Waals surface area contributed by atoms with Gasteiger partial charge < -0.3 is 59.2 Å². The molecular formula is C72H86N4O16. The number of ether oxygens (including phenoxy) is 8. The van der Waals surface area contributed by atoms with Crippen LogP contribution in [-0.4, -0.2) is 94.8 Å². The van der Waals surface area contributed by atoms with Crippen LogP contribution >= 0.6 is 0 Å². The van der Waals surface area contributed by atoms with Crippen molar-refractivity contribution in [2.45, 2.75) is 182 Å². The number of rotatable bonds is 25. The Balaban J connectivity index is 1.56. The van der Waals surface area contributed by atoms with E-state index in [1.165, 1.54) is 0 Å². The van der Waals surface area contributed by atoms with E-state index in [4.69, 9.17) is 37.9 Å². The van der Waals surface area contributed by atoms with Gasteiger partial charge in [-0.15, -0.1) is 0 Å². The maximum absolute atomic E-state index is 14.3. The average molecular weight is 1260 g/mol. The van der Waals surface area contributed by atoms with E-state index in [1.54, 1.807) is 217 Å². The van der Waals surface area contributed by atoms with Crippen LogP contribution in [0.2, 0.25) is 0 Å². The van der Waals surface area contributed by atoms with E-state index in [-0.39, 0.29) is 52.1 Å². The smallest absolute Gasteiger partial charge is 0.408 e. The maximum Gasteiger partial charge on any atom is 0.408 e. The van der Waals surface area contributed by atoms with E-state index in [9.17, 15) is 38.4 Å².